The van der Waals surface area contributed by atoms with E-state index in [9.17, 15) is 0 Å². The van der Waals surface area contributed by atoms with Crippen LogP contribution in [0.5, 0.6) is 5.75 Å². The smallest absolute Gasteiger partial charge is 0.125 e. The molecule has 0 aromatic heterocycles. The molecule has 1 aromatic rings. The Morgan fingerprint density at radius 3 is 2.82 bits per heavy atom. The molecule has 0 aliphatic carbocycles. The van der Waals surface area contributed by atoms with Gasteiger partial charge < -0.3 is 9.84 Å². The number of methoxy groups -OCH3 is 1. The van der Waals surface area contributed by atoms with Crippen molar-refractivity contribution in [2.75, 3.05) is 7.11 Å². The predicted octanol–water partition coefficient (Wildman–Crippen LogP) is 1.79. The highest BCUT2D eigenvalue weighted by Crippen LogP contribution is 2.20. The van der Waals surface area contributed by atoms with E-state index in [1.807, 2.05) is 18.2 Å². The number of halogens is 1. The molecule has 0 aliphatic heterocycles. The monoisotopic (exact) mass is 264 g/mol. The van der Waals surface area contributed by atoms with Gasteiger partial charge >= 0.3 is 0 Å². The van der Waals surface area contributed by atoms with Crippen LogP contribution in [0.4, 0.5) is 0 Å². The van der Waals surface area contributed by atoms with Gasteiger partial charge in [0.1, 0.15) is 5.75 Å². The van der Waals surface area contributed by atoms with Crippen LogP contribution in [0.15, 0.2) is 18.2 Å². The number of rotatable bonds is 2. The Labute approximate surface area is 79.3 Å². The highest BCUT2D eigenvalue weighted by atomic mass is 127. The lowest BCUT2D eigenvalue weighted by Gasteiger charge is -2.05. The Hall–Kier alpha value is -0.290. The quantitative estimate of drug-likeness (QED) is 0.825. The standard InChI is InChI=1S/C8H9IO2/c1-11-8-4-7(9)3-2-6(8)5-10/h2-4,10H,5H2,1H3. The van der Waals surface area contributed by atoms with E-state index in [1.165, 1.54) is 0 Å². The van der Waals surface area contributed by atoms with E-state index < -0.39 is 0 Å². The van der Waals surface area contributed by atoms with Gasteiger partial charge in [0.05, 0.1) is 13.7 Å². The Morgan fingerprint density at radius 1 is 1.55 bits per heavy atom. The molecule has 0 aliphatic rings. The summed E-state index contributed by atoms with van der Waals surface area (Å²) in [5.74, 6) is 0.749. The lowest BCUT2D eigenvalue weighted by atomic mass is 10.2. The van der Waals surface area contributed by atoms with E-state index in [0.29, 0.717) is 0 Å². The van der Waals surface area contributed by atoms with Gasteiger partial charge in [0.25, 0.3) is 0 Å². The summed E-state index contributed by atoms with van der Waals surface area (Å²) in [7, 11) is 1.60. The van der Waals surface area contributed by atoms with Crippen LogP contribution in [0.25, 0.3) is 0 Å². The first-order valence-electron chi connectivity index (χ1n) is 3.21. The van der Waals surface area contributed by atoms with E-state index in [-0.39, 0.29) is 6.61 Å². The maximum absolute atomic E-state index is 8.86. The van der Waals surface area contributed by atoms with E-state index in [4.69, 9.17) is 9.84 Å². The van der Waals surface area contributed by atoms with Gasteiger partial charge in [-0.15, -0.1) is 0 Å². The molecule has 0 unspecified atom stereocenters. The van der Waals surface area contributed by atoms with Crippen LogP contribution in [0.1, 0.15) is 5.56 Å². The fourth-order valence-corrected chi connectivity index (χ4v) is 1.31. The maximum Gasteiger partial charge on any atom is 0.125 e. The van der Waals surface area contributed by atoms with Crippen LogP contribution in [0, 0.1) is 3.57 Å². The number of benzene rings is 1. The topological polar surface area (TPSA) is 29.5 Å². The van der Waals surface area contributed by atoms with Gasteiger partial charge in [0, 0.05) is 9.13 Å². The van der Waals surface area contributed by atoms with Crippen LogP contribution in [0.2, 0.25) is 0 Å². The highest BCUT2D eigenvalue weighted by Gasteiger charge is 2.00. The largest absolute Gasteiger partial charge is 0.496 e. The predicted molar refractivity (Wildman–Crippen MR) is 51.6 cm³/mol. The molecule has 2 nitrogen and oxygen atoms in total. The minimum atomic E-state index is 0.0279. The van der Waals surface area contributed by atoms with E-state index >= 15 is 0 Å². The Bertz CT molecular complexity index is 248. The maximum atomic E-state index is 8.86. The van der Waals surface area contributed by atoms with Gasteiger partial charge in [-0.1, -0.05) is 6.07 Å². The molecule has 0 saturated heterocycles. The fraction of sp³-hybridized carbons (Fsp3) is 0.250. The Morgan fingerprint density at radius 2 is 2.27 bits per heavy atom. The van der Waals surface area contributed by atoms with Crippen molar-refractivity contribution in [1.82, 2.24) is 0 Å². The van der Waals surface area contributed by atoms with Crippen LogP contribution in [-0.4, -0.2) is 12.2 Å². The second kappa shape index (κ2) is 3.92. The summed E-state index contributed by atoms with van der Waals surface area (Å²) in [6, 6.07) is 5.70. The first kappa shape index (κ1) is 8.80. The summed E-state index contributed by atoms with van der Waals surface area (Å²) < 4.78 is 6.16. The van der Waals surface area contributed by atoms with E-state index in [0.717, 1.165) is 14.9 Å². The normalized spacial score (nSPS) is 9.73. The molecule has 0 bridgehead atoms. The van der Waals surface area contributed by atoms with Crippen molar-refractivity contribution in [3.05, 3.63) is 27.3 Å². The summed E-state index contributed by atoms with van der Waals surface area (Å²) in [4.78, 5) is 0. The van der Waals surface area contributed by atoms with E-state index in [1.54, 1.807) is 7.11 Å². The second-order valence-electron chi connectivity index (χ2n) is 2.11. The van der Waals surface area contributed by atoms with Crippen molar-refractivity contribution in [3.8, 4) is 5.75 Å². The molecular weight excluding hydrogens is 255 g/mol. The molecule has 1 N–H and O–H groups in total. The number of hydrogen-bond donors (Lipinski definition) is 1. The van der Waals surface area contributed by atoms with Crippen molar-refractivity contribution in [2.45, 2.75) is 6.61 Å². The summed E-state index contributed by atoms with van der Waals surface area (Å²) >= 11 is 2.20. The Kier molecular flexibility index (Phi) is 3.14. The van der Waals surface area contributed by atoms with Crippen molar-refractivity contribution >= 4 is 22.6 Å². The van der Waals surface area contributed by atoms with Crippen molar-refractivity contribution < 1.29 is 9.84 Å². The summed E-state index contributed by atoms with van der Waals surface area (Å²) in [5, 5.41) is 8.86. The molecule has 1 aromatic carbocycles. The summed E-state index contributed by atoms with van der Waals surface area (Å²) in [6.07, 6.45) is 0. The van der Waals surface area contributed by atoms with Gasteiger partial charge in [-0.25, -0.2) is 0 Å². The molecule has 0 heterocycles. The minimum absolute atomic E-state index is 0.0279. The molecule has 11 heavy (non-hydrogen) atoms. The molecule has 3 heteroatoms. The third-order valence-electron chi connectivity index (χ3n) is 1.42. The SMILES string of the molecule is COc1cc(I)ccc1CO. The molecule has 0 saturated carbocycles. The Balaban J connectivity index is 3.06. The average molecular weight is 264 g/mol. The lowest BCUT2D eigenvalue weighted by Crippen LogP contribution is -1.91. The third-order valence-corrected chi connectivity index (χ3v) is 2.09. The molecule has 0 fully saturated rings. The zero-order valence-corrected chi connectivity index (χ0v) is 8.33. The first-order chi connectivity index (χ1) is 5.27. The van der Waals surface area contributed by atoms with Crippen molar-refractivity contribution in [1.29, 1.82) is 0 Å². The molecule has 0 atom stereocenters. The second-order valence-corrected chi connectivity index (χ2v) is 3.36. The highest BCUT2D eigenvalue weighted by molar-refractivity contribution is 14.1. The van der Waals surface area contributed by atoms with Gasteiger partial charge in [0.2, 0.25) is 0 Å². The molecule has 1 rings (SSSR count). The number of aliphatic hydroxyl groups is 1. The van der Waals surface area contributed by atoms with Crippen LogP contribution >= 0.6 is 22.6 Å². The molecule has 0 spiro atoms. The third kappa shape index (κ3) is 2.07. The van der Waals surface area contributed by atoms with Gasteiger partial charge in [-0.05, 0) is 34.7 Å². The minimum Gasteiger partial charge on any atom is -0.496 e. The summed E-state index contributed by atoms with van der Waals surface area (Å²) in [5.41, 5.74) is 0.827. The first-order valence-corrected chi connectivity index (χ1v) is 4.29. The summed E-state index contributed by atoms with van der Waals surface area (Å²) in [6.45, 7) is 0.0279. The number of hydrogen-bond acceptors (Lipinski definition) is 2. The van der Waals surface area contributed by atoms with Gasteiger partial charge in [-0.2, -0.15) is 0 Å². The van der Waals surface area contributed by atoms with Crippen LogP contribution in [0.3, 0.4) is 0 Å². The van der Waals surface area contributed by atoms with Crippen LogP contribution < -0.4 is 4.74 Å². The zero-order chi connectivity index (χ0) is 8.27. The molecule has 0 amide bonds. The van der Waals surface area contributed by atoms with Crippen molar-refractivity contribution in [3.63, 3.8) is 0 Å². The molecular formula is C8H9IO2. The fourth-order valence-electron chi connectivity index (χ4n) is 0.849. The van der Waals surface area contributed by atoms with Crippen molar-refractivity contribution in [2.24, 2.45) is 0 Å². The molecule has 60 valence electrons. The average Bonchev–Trinajstić information content (AvgIpc) is 2.04. The zero-order valence-electron chi connectivity index (χ0n) is 6.17. The number of aliphatic hydroxyl groups excluding tert-OH is 1. The van der Waals surface area contributed by atoms with Gasteiger partial charge in [-0.3, -0.25) is 0 Å². The number of ether oxygens (including phenoxy) is 1. The lowest BCUT2D eigenvalue weighted by molar-refractivity contribution is 0.273. The van der Waals surface area contributed by atoms with E-state index in [2.05, 4.69) is 22.6 Å². The van der Waals surface area contributed by atoms with Gasteiger partial charge in [0.15, 0.2) is 0 Å². The molecule has 0 radical (unpaired) electrons. The van der Waals surface area contributed by atoms with Crippen LogP contribution in [-0.2, 0) is 6.61 Å².